The van der Waals surface area contributed by atoms with E-state index < -0.39 is 0 Å². The third kappa shape index (κ3) is 3.55. The zero-order valence-corrected chi connectivity index (χ0v) is 13.4. The molecular weight excluding hydrogens is 288 g/mol. The Morgan fingerprint density at radius 2 is 2.14 bits per heavy atom. The zero-order valence-electron chi connectivity index (χ0n) is 12.6. The fraction of sp³-hybridized carbons (Fsp3) is 0.333. The van der Waals surface area contributed by atoms with E-state index in [0.29, 0.717) is 17.1 Å². The molecule has 2 aromatic rings. The standard InChI is InChI=1S/C15H19ClN4O/c1-10-11(9-20(4)18-10)8-17-12-5-6-14(16)13(7-12)15(21)19(2)3/h5-7,9,17H,8H2,1-4H3. The Kier molecular flexibility index (Phi) is 4.53. The number of rotatable bonds is 4. The number of anilines is 1. The number of aryl methyl sites for hydroxylation is 2. The number of carbonyl (C=O) groups is 1. The van der Waals surface area contributed by atoms with Gasteiger partial charge in [-0.2, -0.15) is 5.10 Å². The Hall–Kier alpha value is -2.01. The summed E-state index contributed by atoms with van der Waals surface area (Å²) in [6, 6.07) is 5.37. The van der Waals surface area contributed by atoms with Crippen LogP contribution >= 0.6 is 11.6 Å². The lowest BCUT2D eigenvalue weighted by Gasteiger charge is -2.13. The molecule has 1 N–H and O–H groups in total. The Morgan fingerprint density at radius 3 is 2.71 bits per heavy atom. The molecule has 21 heavy (non-hydrogen) atoms. The van der Waals surface area contributed by atoms with Gasteiger partial charge in [0.1, 0.15) is 0 Å². The molecule has 0 unspecified atom stereocenters. The molecule has 1 aromatic heterocycles. The Bertz CT molecular complexity index is 664. The van der Waals surface area contributed by atoms with Gasteiger partial charge in [-0.15, -0.1) is 0 Å². The number of aromatic nitrogens is 2. The molecular formula is C15H19ClN4O. The van der Waals surface area contributed by atoms with E-state index in [4.69, 9.17) is 11.6 Å². The van der Waals surface area contributed by atoms with E-state index in [1.54, 1.807) is 30.9 Å². The smallest absolute Gasteiger partial charge is 0.254 e. The van der Waals surface area contributed by atoms with Gasteiger partial charge in [-0.1, -0.05) is 11.6 Å². The maximum atomic E-state index is 12.0. The second-order valence-corrected chi connectivity index (χ2v) is 5.57. The summed E-state index contributed by atoms with van der Waals surface area (Å²) < 4.78 is 1.79. The Labute approximate surface area is 129 Å². The molecule has 0 radical (unpaired) electrons. The minimum Gasteiger partial charge on any atom is -0.381 e. The summed E-state index contributed by atoms with van der Waals surface area (Å²) in [5.41, 5.74) is 3.46. The van der Waals surface area contributed by atoms with Crippen molar-refractivity contribution in [2.45, 2.75) is 13.5 Å². The molecule has 0 aliphatic heterocycles. The topological polar surface area (TPSA) is 50.2 Å². The minimum atomic E-state index is -0.110. The van der Waals surface area contributed by atoms with E-state index in [0.717, 1.165) is 16.9 Å². The first kappa shape index (κ1) is 15.4. The monoisotopic (exact) mass is 306 g/mol. The van der Waals surface area contributed by atoms with Crippen molar-refractivity contribution >= 4 is 23.2 Å². The van der Waals surface area contributed by atoms with Crippen LogP contribution in [0.3, 0.4) is 0 Å². The molecule has 6 heteroatoms. The van der Waals surface area contributed by atoms with Crippen molar-refractivity contribution in [1.82, 2.24) is 14.7 Å². The summed E-state index contributed by atoms with van der Waals surface area (Å²) in [5, 5.41) is 8.05. The number of benzene rings is 1. The third-order valence-corrected chi connectivity index (χ3v) is 3.53. The van der Waals surface area contributed by atoms with Crippen LogP contribution in [0.15, 0.2) is 24.4 Å². The van der Waals surface area contributed by atoms with Gasteiger partial charge < -0.3 is 10.2 Å². The SMILES string of the molecule is Cc1nn(C)cc1CNc1ccc(Cl)c(C(=O)N(C)C)c1. The summed E-state index contributed by atoms with van der Waals surface area (Å²) in [6.45, 7) is 2.62. The summed E-state index contributed by atoms with van der Waals surface area (Å²) >= 11 is 6.09. The van der Waals surface area contributed by atoms with E-state index in [1.807, 2.05) is 26.2 Å². The molecule has 1 amide bonds. The lowest BCUT2D eigenvalue weighted by atomic mass is 10.1. The van der Waals surface area contributed by atoms with Crippen LogP contribution in [-0.2, 0) is 13.6 Å². The van der Waals surface area contributed by atoms with Gasteiger partial charge in [0.05, 0.1) is 16.3 Å². The molecule has 112 valence electrons. The second-order valence-electron chi connectivity index (χ2n) is 5.16. The van der Waals surface area contributed by atoms with Gasteiger partial charge in [0.15, 0.2) is 0 Å². The van der Waals surface area contributed by atoms with Crippen LogP contribution in [0.1, 0.15) is 21.6 Å². The largest absolute Gasteiger partial charge is 0.381 e. The molecule has 0 saturated carbocycles. The number of nitrogens with zero attached hydrogens (tertiary/aromatic N) is 3. The summed E-state index contributed by atoms with van der Waals surface area (Å²) in [4.78, 5) is 13.6. The first-order valence-corrected chi connectivity index (χ1v) is 7.00. The summed E-state index contributed by atoms with van der Waals surface area (Å²) in [5.74, 6) is -0.110. The molecule has 0 aliphatic rings. The predicted molar refractivity (Wildman–Crippen MR) is 84.7 cm³/mol. The molecule has 0 aliphatic carbocycles. The van der Waals surface area contributed by atoms with Crippen molar-refractivity contribution in [2.24, 2.45) is 7.05 Å². The van der Waals surface area contributed by atoms with Crippen molar-refractivity contribution in [3.05, 3.63) is 46.2 Å². The predicted octanol–water partition coefficient (Wildman–Crippen LogP) is 2.70. The Balaban J connectivity index is 2.16. The molecule has 0 atom stereocenters. The molecule has 1 aromatic carbocycles. The highest BCUT2D eigenvalue weighted by atomic mass is 35.5. The number of nitrogens with one attached hydrogen (secondary N) is 1. The number of amides is 1. The molecule has 1 heterocycles. The average molecular weight is 307 g/mol. The van der Waals surface area contributed by atoms with Crippen LogP contribution in [0.25, 0.3) is 0 Å². The van der Waals surface area contributed by atoms with E-state index in [2.05, 4.69) is 10.4 Å². The van der Waals surface area contributed by atoms with Crippen LogP contribution in [0.4, 0.5) is 5.69 Å². The maximum Gasteiger partial charge on any atom is 0.254 e. The van der Waals surface area contributed by atoms with Crippen LogP contribution in [0.5, 0.6) is 0 Å². The van der Waals surface area contributed by atoms with E-state index in [-0.39, 0.29) is 5.91 Å². The number of hydrogen-bond acceptors (Lipinski definition) is 3. The van der Waals surface area contributed by atoms with E-state index >= 15 is 0 Å². The fourth-order valence-corrected chi connectivity index (χ4v) is 2.26. The number of hydrogen-bond donors (Lipinski definition) is 1. The Morgan fingerprint density at radius 1 is 1.43 bits per heavy atom. The van der Waals surface area contributed by atoms with E-state index in [9.17, 15) is 4.79 Å². The van der Waals surface area contributed by atoms with Crippen LogP contribution < -0.4 is 5.32 Å². The first-order chi connectivity index (χ1) is 9.88. The molecule has 0 spiro atoms. The number of halogens is 1. The van der Waals surface area contributed by atoms with Gasteiger partial charge in [-0.05, 0) is 25.1 Å². The van der Waals surface area contributed by atoms with Crippen LogP contribution in [0, 0.1) is 6.92 Å². The fourth-order valence-electron chi connectivity index (χ4n) is 2.06. The van der Waals surface area contributed by atoms with Gasteiger partial charge in [-0.3, -0.25) is 9.48 Å². The van der Waals surface area contributed by atoms with Gasteiger partial charge in [0, 0.05) is 45.1 Å². The average Bonchev–Trinajstić information content (AvgIpc) is 2.75. The lowest BCUT2D eigenvalue weighted by molar-refractivity contribution is 0.0828. The van der Waals surface area contributed by atoms with Crippen molar-refractivity contribution in [3.8, 4) is 0 Å². The molecule has 0 fully saturated rings. The van der Waals surface area contributed by atoms with Crippen molar-refractivity contribution in [3.63, 3.8) is 0 Å². The molecule has 2 rings (SSSR count). The summed E-state index contributed by atoms with van der Waals surface area (Å²) in [7, 11) is 5.31. The van der Waals surface area contributed by atoms with Gasteiger partial charge >= 0.3 is 0 Å². The quantitative estimate of drug-likeness (QED) is 0.945. The number of carbonyl (C=O) groups excluding carboxylic acids is 1. The molecule has 5 nitrogen and oxygen atoms in total. The zero-order chi connectivity index (χ0) is 15.6. The van der Waals surface area contributed by atoms with E-state index in [1.165, 1.54) is 4.90 Å². The normalized spacial score (nSPS) is 10.5. The van der Waals surface area contributed by atoms with Gasteiger partial charge in [-0.25, -0.2) is 0 Å². The first-order valence-electron chi connectivity index (χ1n) is 6.62. The van der Waals surface area contributed by atoms with Gasteiger partial charge in [0.25, 0.3) is 5.91 Å². The van der Waals surface area contributed by atoms with Crippen molar-refractivity contribution in [2.75, 3.05) is 19.4 Å². The molecule has 0 bridgehead atoms. The third-order valence-electron chi connectivity index (χ3n) is 3.20. The summed E-state index contributed by atoms with van der Waals surface area (Å²) in [6.07, 6.45) is 1.98. The second kappa shape index (κ2) is 6.18. The highest BCUT2D eigenvalue weighted by Crippen LogP contribution is 2.22. The van der Waals surface area contributed by atoms with Crippen LogP contribution in [0.2, 0.25) is 5.02 Å². The lowest BCUT2D eigenvalue weighted by Crippen LogP contribution is -2.22. The highest BCUT2D eigenvalue weighted by molar-refractivity contribution is 6.34. The molecule has 0 saturated heterocycles. The van der Waals surface area contributed by atoms with Crippen LogP contribution in [-0.4, -0.2) is 34.7 Å². The van der Waals surface area contributed by atoms with Crippen molar-refractivity contribution in [1.29, 1.82) is 0 Å². The van der Waals surface area contributed by atoms with Gasteiger partial charge in [0.2, 0.25) is 0 Å². The minimum absolute atomic E-state index is 0.110. The highest BCUT2D eigenvalue weighted by Gasteiger charge is 2.13. The maximum absolute atomic E-state index is 12.0. The van der Waals surface area contributed by atoms with Crippen molar-refractivity contribution < 1.29 is 4.79 Å².